The highest BCUT2D eigenvalue weighted by Crippen LogP contribution is 2.15. The van der Waals surface area contributed by atoms with Gasteiger partial charge in [0.1, 0.15) is 0 Å². The SMILES string of the molecule is CCCC(CCC)N[C@@H](CO)c1ccccc1. The van der Waals surface area contributed by atoms with Crippen LogP contribution >= 0.6 is 0 Å². The summed E-state index contributed by atoms with van der Waals surface area (Å²) in [5.41, 5.74) is 1.17. The average molecular weight is 235 g/mol. The Morgan fingerprint density at radius 3 is 2.12 bits per heavy atom. The highest BCUT2D eigenvalue weighted by molar-refractivity contribution is 5.19. The van der Waals surface area contributed by atoms with Crippen LogP contribution in [0.5, 0.6) is 0 Å². The van der Waals surface area contributed by atoms with Crippen LogP contribution < -0.4 is 5.32 Å². The lowest BCUT2D eigenvalue weighted by Crippen LogP contribution is -2.34. The van der Waals surface area contributed by atoms with Gasteiger partial charge in [-0.15, -0.1) is 0 Å². The molecule has 0 fully saturated rings. The lowest BCUT2D eigenvalue weighted by Gasteiger charge is -2.24. The van der Waals surface area contributed by atoms with Crippen molar-refractivity contribution >= 4 is 0 Å². The monoisotopic (exact) mass is 235 g/mol. The van der Waals surface area contributed by atoms with Gasteiger partial charge in [0, 0.05) is 6.04 Å². The second-order valence-corrected chi connectivity index (χ2v) is 4.59. The van der Waals surface area contributed by atoms with Gasteiger partial charge in [0.15, 0.2) is 0 Å². The maximum absolute atomic E-state index is 9.50. The van der Waals surface area contributed by atoms with Gasteiger partial charge in [0.05, 0.1) is 12.6 Å². The van der Waals surface area contributed by atoms with E-state index in [1.807, 2.05) is 18.2 Å². The molecule has 2 nitrogen and oxygen atoms in total. The summed E-state index contributed by atoms with van der Waals surface area (Å²) in [6, 6.07) is 10.8. The Labute approximate surface area is 105 Å². The highest BCUT2D eigenvalue weighted by atomic mass is 16.3. The number of hydrogen-bond acceptors (Lipinski definition) is 2. The third-order valence-corrected chi connectivity index (χ3v) is 3.10. The zero-order valence-electron chi connectivity index (χ0n) is 11.0. The second kappa shape index (κ2) is 8.26. The molecule has 1 aromatic rings. The first-order valence-corrected chi connectivity index (χ1v) is 6.73. The van der Waals surface area contributed by atoms with E-state index in [0.717, 1.165) is 0 Å². The van der Waals surface area contributed by atoms with E-state index >= 15 is 0 Å². The molecular formula is C15H25NO. The quantitative estimate of drug-likeness (QED) is 0.724. The van der Waals surface area contributed by atoms with E-state index in [4.69, 9.17) is 0 Å². The van der Waals surface area contributed by atoms with Crippen LogP contribution in [-0.4, -0.2) is 17.8 Å². The van der Waals surface area contributed by atoms with Crippen molar-refractivity contribution in [1.82, 2.24) is 5.32 Å². The van der Waals surface area contributed by atoms with Gasteiger partial charge in [0.2, 0.25) is 0 Å². The van der Waals surface area contributed by atoms with Crippen LogP contribution in [0.15, 0.2) is 30.3 Å². The maximum Gasteiger partial charge on any atom is 0.0626 e. The van der Waals surface area contributed by atoms with Gasteiger partial charge in [-0.3, -0.25) is 0 Å². The summed E-state index contributed by atoms with van der Waals surface area (Å²) in [6.45, 7) is 4.58. The van der Waals surface area contributed by atoms with Crippen LogP contribution in [0.3, 0.4) is 0 Å². The predicted octanol–water partition coefficient (Wildman–Crippen LogP) is 3.28. The standard InChI is InChI=1S/C15H25NO/c1-3-8-14(9-4-2)16-15(12-17)13-10-6-5-7-11-13/h5-7,10-11,14-17H,3-4,8-9,12H2,1-2H3/t15-/m0/s1. The van der Waals surface area contributed by atoms with E-state index in [1.54, 1.807) is 0 Å². The molecule has 0 saturated carbocycles. The molecular weight excluding hydrogens is 210 g/mol. The van der Waals surface area contributed by atoms with Gasteiger partial charge >= 0.3 is 0 Å². The normalized spacial score (nSPS) is 12.9. The summed E-state index contributed by atoms with van der Waals surface area (Å²) in [6.07, 6.45) is 4.73. The van der Waals surface area contributed by atoms with Crippen molar-refractivity contribution in [2.75, 3.05) is 6.61 Å². The molecule has 0 saturated heterocycles. The third-order valence-electron chi connectivity index (χ3n) is 3.10. The van der Waals surface area contributed by atoms with Crippen molar-refractivity contribution in [3.8, 4) is 0 Å². The molecule has 0 radical (unpaired) electrons. The van der Waals surface area contributed by atoms with E-state index in [9.17, 15) is 5.11 Å². The molecule has 17 heavy (non-hydrogen) atoms. The molecule has 0 aliphatic rings. The van der Waals surface area contributed by atoms with Gasteiger partial charge in [-0.2, -0.15) is 0 Å². The van der Waals surface area contributed by atoms with E-state index in [0.29, 0.717) is 6.04 Å². The van der Waals surface area contributed by atoms with Crippen molar-refractivity contribution in [1.29, 1.82) is 0 Å². The fraction of sp³-hybridized carbons (Fsp3) is 0.600. The molecule has 0 amide bonds. The Balaban J connectivity index is 2.61. The Hall–Kier alpha value is -0.860. The van der Waals surface area contributed by atoms with Crippen LogP contribution in [0.1, 0.15) is 51.1 Å². The van der Waals surface area contributed by atoms with Gasteiger partial charge in [0.25, 0.3) is 0 Å². The first-order chi connectivity index (χ1) is 8.31. The Kier molecular flexibility index (Phi) is 6.90. The highest BCUT2D eigenvalue weighted by Gasteiger charge is 2.14. The average Bonchev–Trinajstić information content (AvgIpc) is 2.37. The molecule has 0 aliphatic heterocycles. The van der Waals surface area contributed by atoms with Gasteiger partial charge in [-0.1, -0.05) is 57.0 Å². The molecule has 2 N–H and O–H groups in total. The number of nitrogens with one attached hydrogen (secondary N) is 1. The van der Waals surface area contributed by atoms with Crippen molar-refractivity contribution in [3.05, 3.63) is 35.9 Å². The third kappa shape index (κ3) is 4.88. The fourth-order valence-corrected chi connectivity index (χ4v) is 2.23. The minimum Gasteiger partial charge on any atom is -0.394 e. The van der Waals surface area contributed by atoms with Gasteiger partial charge in [-0.25, -0.2) is 0 Å². The molecule has 0 spiro atoms. The van der Waals surface area contributed by atoms with E-state index in [-0.39, 0.29) is 12.6 Å². The summed E-state index contributed by atoms with van der Waals surface area (Å²) >= 11 is 0. The number of benzene rings is 1. The fourth-order valence-electron chi connectivity index (χ4n) is 2.23. The first kappa shape index (κ1) is 14.2. The Morgan fingerprint density at radius 2 is 1.65 bits per heavy atom. The van der Waals surface area contributed by atoms with Crippen molar-refractivity contribution in [2.24, 2.45) is 0 Å². The largest absolute Gasteiger partial charge is 0.394 e. The molecule has 1 rings (SSSR count). The first-order valence-electron chi connectivity index (χ1n) is 6.73. The van der Waals surface area contributed by atoms with Gasteiger partial charge in [-0.05, 0) is 18.4 Å². The Bertz CT molecular complexity index is 280. The number of hydrogen-bond donors (Lipinski definition) is 2. The molecule has 1 aromatic carbocycles. The van der Waals surface area contributed by atoms with Crippen LogP contribution in [0.25, 0.3) is 0 Å². The van der Waals surface area contributed by atoms with Crippen molar-refractivity contribution in [3.63, 3.8) is 0 Å². The molecule has 0 aliphatic carbocycles. The number of aliphatic hydroxyl groups is 1. The summed E-state index contributed by atoms with van der Waals surface area (Å²) in [4.78, 5) is 0. The van der Waals surface area contributed by atoms with E-state index < -0.39 is 0 Å². The van der Waals surface area contributed by atoms with Gasteiger partial charge < -0.3 is 10.4 Å². The summed E-state index contributed by atoms with van der Waals surface area (Å²) in [5.74, 6) is 0. The van der Waals surface area contributed by atoms with Crippen molar-refractivity contribution in [2.45, 2.75) is 51.6 Å². The van der Waals surface area contributed by atoms with E-state index in [2.05, 4.69) is 31.3 Å². The molecule has 0 bridgehead atoms. The lowest BCUT2D eigenvalue weighted by atomic mass is 10.0. The van der Waals surface area contributed by atoms with Crippen LogP contribution in [0, 0.1) is 0 Å². The minimum absolute atomic E-state index is 0.0688. The summed E-state index contributed by atoms with van der Waals surface area (Å²) in [7, 11) is 0. The topological polar surface area (TPSA) is 32.3 Å². The molecule has 0 heterocycles. The van der Waals surface area contributed by atoms with Crippen LogP contribution in [0.2, 0.25) is 0 Å². The predicted molar refractivity (Wildman–Crippen MR) is 73.0 cm³/mol. The smallest absolute Gasteiger partial charge is 0.0626 e. The summed E-state index contributed by atoms with van der Waals surface area (Å²) in [5, 5.41) is 13.1. The van der Waals surface area contributed by atoms with Crippen LogP contribution in [-0.2, 0) is 0 Å². The summed E-state index contributed by atoms with van der Waals surface area (Å²) < 4.78 is 0. The second-order valence-electron chi connectivity index (χ2n) is 4.59. The number of rotatable bonds is 8. The zero-order valence-corrected chi connectivity index (χ0v) is 11.0. The molecule has 0 unspecified atom stereocenters. The van der Waals surface area contributed by atoms with E-state index in [1.165, 1.54) is 31.2 Å². The molecule has 96 valence electrons. The zero-order chi connectivity index (χ0) is 12.5. The lowest BCUT2D eigenvalue weighted by molar-refractivity contribution is 0.227. The molecule has 1 atom stereocenters. The maximum atomic E-state index is 9.50. The van der Waals surface area contributed by atoms with Crippen LogP contribution in [0.4, 0.5) is 0 Å². The number of aliphatic hydroxyl groups excluding tert-OH is 1. The minimum atomic E-state index is 0.0688. The Morgan fingerprint density at radius 1 is 1.06 bits per heavy atom. The molecule has 2 heteroatoms. The molecule has 0 aromatic heterocycles. The van der Waals surface area contributed by atoms with Crippen molar-refractivity contribution < 1.29 is 5.11 Å².